The maximum Gasteiger partial charge on any atom is 0.226 e. The Balaban J connectivity index is 0.00000384. The van der Waals surface area contributed by atoms with Gasteiger partial charge < -0.3 is 10.2 Å². The lowest BCUT2D eigenvalue weighted by molar-refractivity contribution is -0.133. The largest absolute Gasteiger partial charge is 0.357 e. The average Bonchev–Trinajstić information content (AvgIpc) is 3.69. The van der Waals surface area contributed by atoms with Gasteiger partial charge in [0.1, 0.15) is 28.8 Å². The number of fused-ring (bicyclic) bond motifs is 1. The molecule has 5 heterocycles. The maximum absolute atomic E-state index is 13.0. The average molecular weight is 616 g/mol. The van der Waals surface area contributed by atoms with Crippen LogP contribution in [0.2, 0.25) is 0 Å². The van der Waals surface area contributed by atoms with Gasteiger partial charge in [0, 0.05) is 55.5 Å². The predicted octanol–water partition coefficient (Wildman–Crippen LogP) is 5.15. The van der Waals surface area contributed by atoms with E-state index in [0.717, 1.165) is 62.1 Å². The fraction of sp³-hybridized carbons (Fsp3) is 0.469. The fourth-order valence-electron chi connectivity index (χ4n) is 6.33. The molecule has 1 saturated heterocycles. The van der Waals surface area contributed by atoms with E-state index < -0.39 is 0 Å². The van der Waals surface area contributed by atoms with Crippen molar-refractivity contribution in [1.82, 2.24) is 34.7 Å². The number of amides is 1. The second-order valence-electron chi connectivity index (χ2n) is 12.1. The van der Waals surface area contributed by atoms with Crippen molar-refractivity contribution in [2.75, 3.05) is 18.0 Å². The number of halogens is 1. The standard InChI is InChI=1S/C32H37N9O2.ClH/c1-4-32(31(43)37-21(2)3)11-13-39(14-12-32)28-10-5-22(16-34-28)29-30-23(15-33)17-36-41(30)20-27(38-29)24-18-35-40(19-24)25-6-8-26(42)9-7-25;/h5,10,16-21,25H,4,6-9,11-14H2,1-3H3,(H,37,43);1H. The summed E-state index contributed by atoms with van der Waals surface area (Å²) in [4.78, 5) is 36.7. The van der Waals surface area contributed by atoms with Crippen molar-refractivity contribution in [2.24, 2.45) is 5.41 Å². The Morgan fingerprint density at radius 2 is 1.84 bits per heavy atom. The SMILES string of the molecule is CCC1(C(=O)NC(C)C)CCN(c2ccc(-c3nc(-c4cnn(C5CCC(=O)CC5)c4)cn4ncc(C#N)c34)cn2)CC1.Cl. The van der Waals surface area contributed by atoms with Crippen LogP contribution in [0, 0.1) is 16.7 Å². The number of anilines is 1. The van der Waals surface area contributed by atoms with Gasteiger partial charge >= 0.3 is 0 Å². The summed E-state index contributed by atoms with van der Waals surface area (Å²) in [7, 11) is 0. The highest BCUT2D eigenvalue weighted by Crippen LogP contribution is 2.37. The molecule has 2 aliphatic rings. The minimum absolute atomic E-state index is 0. The first-order chi connectivity index (χ1) is 20.8. The summed E-state index contributed by atoms with van der Waals surface area (Å²) in [5, 5.41) is 21.9. The molecule has 4 aromatic heterocycles. The van der Waals surface area contributed by atoms with E-state index in [-0.39, 0.29) is 35.8 Å². The number of nitrogens with one attached hydrogen (secondary N) is 1. The molecule has 0 bridgehead atoms. The van der Waals surface area contributed by atoms with Crippen molar-refractivity contribution in [3.63, 3.8) is 0 Å². The molecule has 12 heteroatoms. The van der Waals surface area contributed by atoms with Crippen LogP contribution >= 0.6 is 12.4 Å². The summed E-state index contributed by atoms with van der Waals surface area (Å²) in [6.45, 7) is 7.60. The number of pyridine rings is 1. The number of rotatable bonds is 7. The predicted molar refractivity (Wildman–Crippen MR) is 169 cm³/mol. The summed E-state index contributed by atoms with van der Waals surface area (Å²) in [5.41, 5.74) is 3.65. The molecule has 2 fully saturated rings. The normalized spacial score (nSPS) is 17.0. The number of nitrogens with zero attached hydrogens (tertiary/aromatic N) is 8. The Kier molecular flexibility index (Phi) is 9.02. The Morgan fingerprint density at radius 3 is 2.48 bits per heavy atom. The quantitative estimate of drug-likeness (QED) is 0.301. The number of ketones is 1. The summed E-state index contributed by atoms with van der Waals surface area (Å²) in [6, 6.07) is 6.53. The summed E-state index contributed by atoms with van der Waals surface area (Å²) >= 11 is 0. The molecular formula is C32H38ClN9O2. The maximum atomic E-state index is 13.0. The molecule has 1 aliphatic carbocycles. The van der Waals surface area contributed by atoms with Crippen molar-refractivity contribution in [3.05, 3.63) is 48.7 Å². The van der Waals surface area contributed by atoms with E-state index in [1.165, 1.54) is 0 Å². The monoisotopic (exact) mass is 615 g/mol. The number of aromatic nitrogens is 6. The number of carbonyl (C=O) groups is 2. The molecule has 0 unspecified atom stereocenters. The minimum Gasteiger partial charge on any atom is -0.357 e. The number of nitriles is 1. The highest BCUT2D eigenvalue weighted by atomic mass is 35.5. The van der Waals surface area contributed by atoms with E-state index in [2.05, 4.69) is 33.4 Å². The van der Waals surface area contributed by atoms with Crippen LogP contribution in [0.4, 0.5) is 5.82 Å². The van der Waals surface area contributed by atoms with Crippen LogP contribution in [-0.4, -0.2) is 60.2 Å². The third kappa shape index (κ3) is 5.91. The van der Waals surface area contributed by atoms with Crippen molar-refractivity contribution in [2.45, 2.75) is 77.8 Å². The summed E-state index contributed by atoms with van der Waals surface area (Å²) in [6.07, 6.45) is 14.1. The Morgan fingerprint density at radius 1 is 1.09 bits per heavy atom. The number of piperidine rings is 1. The van der Waals surface area contributed by atoms with Crippen molar-refractivity contribution >= 4 is 35.4 Å². The van der Waals surface area contributed by atoms with E-state index in [1.807, 2.05) is 43.1 Å². The van der Waals surface area contributed by atoms with Crippen molar-refractivity contribution < 1.29 is 9.59 Å². The zero-order valence-electron chi connectivity index (χ0n) is 25.4. The molecule has 11 nitrogen and oxygen atoms in total. The molecule has 1 amide bonds. The fourth-order valence-corrected chi connectivity index (χ4v) is 6.33. The molecule has 0 atom stereocenters. The van der Waals surface area contributed by atoms with Crippen LogP contribution in [0.25, 0.3) is 28.0 Å². The highest BCUT2D eigenvalue weighted by molar-refractivity contribution is 5.85. The molecule has 4 aromatic rings. The third-order valence-electron chi connectivity index (χ3n) is 9.05. The number of hydrogen-bond acceptors (Lipinski definition) is 8. The molecule has 0 spiro atoms. The molecule has 230 valence electrons. The van der Waals surface area contributed by atoms with Crippen LogP contribution in [0.5, 0.6) is 0 Å². The van der Waals surface area contributed by atoms with Crippen molar-refractivity contribution in [1.29, 1.82) is 5.26 Å². The third-order valence-corrected chi connectivity index (χ3v) is 9.05. The highest BCUT2D eigenvalue weighted by Gasteiger charge is 2.40. The number of hydrogen-bond donors (Lipinski definition) is 1. The topological polar surface area (TPSA) is 134 Å². The van der Waals surface area contributed by atoms with Gasteiger partial charge in [0.25, 0.3) is 0 Å². The first-order valence-corrected chi connectivity index (χ1v) is 15.2. The Hall–Kier alpha value is -4.30. The van der Waals surface area contributed by atoms with Crippen LogP contribution in [0.1, 0.15) is 77.3 Å². The Bertz CT molecular complexity index is 1680. The van der Waals surface area contributed by atoms with Crippen LogP contribution in [-0.2, 0) is 9.59 Å². The van der Waals surface area contributed by atoms with Crippen LogP contribution in [0.3, 0.4) is 0 Å². The minimum atomic E-state index is -0.339. The van der Waals surface area contributed by atoms with Gasteiger partial charge in [-0.15, -0.1) is 12.4 Å². The smallest absolute Gasteiger partial charge is 0.226 e. The lowest BCUT2D eigenvalue weighted by atomic mass is 9.75. The molecule has 44 heavy (non-hydrogen) atoms. The van der Waals surface area contributed by atoms with Gasteiger partial charge in [0.05, 0.1) is 41.4 Å². The van der Waals surface area contributed by atoms with Crippen LogP contribution < -0.4 is 10.2 Å². The first kappa shape index (κ1) is 31.1. The zero-order valence-corrected chi connectivity index (χ0v) is 26.2. The van der Waals surface area contributed by atoms with Gasteiger partial charge in [-0.25, -0.2) is 14.5 Å². The molecule has 0 radical (unpaired) electrons. The van der Waals surface area contributed by atoms with E-state index >= 15 is 0 Å². The molecule has 1 N–H and O–H groups in total. The molecule has 1 saturated carbocycles. The van der Waals surface area contributed by atoms with Gasteiger partial charge in [-0.2, -0.15) is 15.5 Å². The lowest BCUT2D eigenvalue weighted by Crippen LogP contribution is -2.50. The molecule has 1 aliphatic heterocycles. The van der Waals surface area contributed by atoms with E-state index in [0.29, 0.717) is 41.1 Å². The van der Waals surface area contributed by atoms with Gasteiger partial charge in [-0.1, -0.05) is 6.92 Å². The molecule has 6 rings (SSSR count). The molecular weight excluding hydrogens is 578 g/mol. The lowest BCUT2D eigenvalue weighted by Gasteiger charge is -2.41. The first-order valence-electron chi connectivity index (χ1n) is 15.2. The number of carbonyl (C=O) groups excluding carboxylic acids is 2. The van der Waals surface area contributed by atoms with Gasteiger partial charge in [0.15, 0.2) is 0 Å². The van der Waals surface area contributed by atoms with E-state index in [4.69, 9.17) is 9.97 Å². The van der Waals surface area contributed by atoms with E-state index in [9.17, 15) is 14.9 Å². The number of Topliss-reactive ketones (excluding diaryl/α,β-unsaturated/α-hetero) is 1. The van der Waals surface area contributed by atoms with Crippen LogP contribution in [0.15, 0.2) is 43.1 Å². The summed E-state index contributed by atoms with van der Waals surface area (Å²) < 4.78 is 3.63. The zero-order chi connectivity index (χ0) is 30.1. The van der Waals surface area contributed by atoms with E-state index in [1.54, 1.807) is 23.1 Å². The van der Waals surface area contributed by atoms with Gasteiger partial charge in [-0.05, 0) is 58.1 Å². The Labute approximate surface area is 263 Å². The van der Waals surface area contributed by atoms with Gasteiger partial charge in [-0.3, -0.25) is 14.3 Å². The summed E-state index contributed by atoms with van der Waals surface area (Å²) in [5.74, 6) is 1.32. The molecule has 0 aromatic carbocycles. The van der Waals surface area contributed by atoms with Crippen molar-refractivity contribution in [3.8, 4) is 28.6 Å². The second-order valence-corrected chi connectivity index (χ2v) is 12.1. The van der Waals surface area contributed by atoms with Gasteiger partial charge in [0.2, 0.25) is 5.91 Å². The second kappa shape index (κ2) is 12.7.